The van der Waals surface area contributed by atoms with Gasteiger partial charge in [-0.25, -0.2) is 4.98 Å². The highest BCUT2D eigenvalue weighted by atomic mass is 15.4. The van der Waals surface area contributed by atoms with Crippen LogP contribution in [0.4, 0.5) is 5.82 Å². The van der Waals surface area contributed by atoms with Crippen molar-refractivity contribution in [1.29, 1.82) is 0 Å². The Balaban J connectivity index is 2.26. The molecule has 0 aliphatic carbocycles. The molecule has 0 saturated heterocycles. The van der Waals surface area contributed by atoms with Crippen molar-refractivity contribution < 1.29 is 0 Å². The predicted octanol–water partition coefficient (Wildman–Crippen LogP) is 0.744. The van der Waals surface area contributed by atoms with Crippen LogP contribution in [0.5, 0.6) is 0 Å². The van der Waals surface area contributed by atoms with E-state index >= 15 is 0 Å². The summed E-state index contributed by atoms with van der Waals surface area (Å²) >= 11 is 0. The van der Waals surface area contributed by atoms with E-state index in [0.717, 1.165) is 5.69 Å². The van der Waals surface area contributed by atoms with Crippen molar-refractivity contribution >= 4 is 5.82 Å². The van der Waals surface area contributed by atoms with Gasteiger partial charge in [-0.2, -0.15) is 0 Å². The summed E-state index contributed by atoms with van der Waals surface area (Å²) in [4.78, 5) is 4.13. The molecule has 2 N–H and O–H groups in total. The van der Waals surface area contributed by atoms with E-state index in [1.807, 2.05) is 30.3 Å². The fourth-order valence-corrected chi connectivity index (χ4v) is 1.54. The van der Waals surface area contributed by atoms with Crippen LogP contribution in [0, 0.1) is 0 Å². The molecule has 0 aromatic heterocycles. The van der Waals surface area contributed by atoms with Gasteiger partial charge in [-0.1, -0.05) is 18.2 Å². The summed E-state index contributed by atoms with van der Waals surface area (Å²) in [5.41, 5.74) is 7.42. The summed E-state index contributed by atoms with van der Waals surface area (Å²) in [6.45, 7) is 0. The maximum Gasteiger partial charge on any atom is 0.209 e. The van der Waals surface area contributed by atoms with Crippen LogP contribution in [0.2, 0.25) is 0 Å². The van der Waals surface area contributed by atoms with Gasteiger partial charge < -0.3 is 5.73 Å². The zero-order valence-corrected chi connectivity index (χ0v) is 8.28. The average Bonchev–Trinajstić information content (AvgIpc) is 2.80. The molecule has 78 valence electrons. The van der Waals surface area contributed by atoms with Gasteiger partial charge >= 0.3 is 0 Å². The summed E-state index contributed by atoms with van der Waals surface area (Å²) in [6.07, 6.45) is 1.61. The maximum atomic E-state index is 5.98. The van der Waals surface area contributed by atoms with E-state index < -0.39 is 0 Å². The van der Waals surface area contributed by atoms with E-state index in [9.17, 15) is 0 Å². The van der Waals surface area contributed by atoms with E-state index in [1.54, 1.807) is 10.9 Å². The number of fused-ring (bicyclic) bond motifs is 1. The average molecular weight is 212 g/mol. The van der Waals surface area contributed by atoms with Crippen LogP contribution in [0.1, 0.15) is 0 Å². The van der Waals surface area contributed by atoms with Crippen LogP contribution < -0.4 is 5.73 Å². The van der Waals surface area contributed by atoms with Crippen LogP contribution >= 0.6 is 0 Å². The molecule has 2 aliphatic heterocycles. The highest BCUT2D eigenvalue weighted by Gasteiger charge is 2.15. The largest absolute Gasteiger partial charge is 0.383 e. The molecule has 6 heteroatoms. The number of nitrogen functional groups attached to an aromatic ring is 1. The first-order valence-corrected chi connectivity index (χ1v) is 4.73. The SMILES string of the molecule is Nc1c2nnnc-2ncn1-c1ccccc1. The first-order valence-electron chi connectivity index (χ1n) is 4.73. The number of anilines is 1. The van der Waals surface area contributed by atoms with Gasteiger partial charge in [-0.15, -0.1) is 10.2 Å². The second kappa shape index (κ2) is 3.27. The van der Waals surface area contributed by atoms with Gasteiger partial charge in [0.25, 0.3) is 0 Å². The van der Waals surface area contributed by atoms with Crippen molar-refractivity contribution in [2.45, 2.75) is 0 Å². The second-order valence-corrected chi connectivity index (χ2v) is 3.30. The molecule has 6 nitrogen and oxygen atoms in total. The minimum atomic E-state index is 0.463. The molecule has 16 heavy (non-hydrogen) atoms. The third-order valence-electron chi connectivity index (χ3n) is 2.33. The Hall–Kier alpha value is -2.50. The van der Waals surface area contributed by atoms with Gasteiger partial charge in [0.15, 0.2) is 5.69 Å². The van der Waals surface area contributed by atoms with Crippen LogP contribution in [-0.4, -0.2) is 25.0 Å². The fourth-order valence-electron chi connectivity index (χ4n) is 1.54. The number of hydrogen-bond donors (Lipinski definition) is 1. The van der Waals surface area contributed by atoms with Gasteiger partial charge in [0.1, 0.15) is 12.1 Å². The molecule has 0 saturated carbocycles. The number of nitrogens with zero attached hydrogens (tertiary/aromatic N) is 5. The minimum absolute atomic E-state index is 0.463. The quantitative estimate of drug-likeness (QED) is 0.643. The maximum absolute atomic E-state index is 5.98. The number of para-hydroxylation sites is 1. The molecular formula is C10H8N6. The lowest BCUT2D eigenvalue weighted by Crippen LogP contribution is -2.07. The predicted molar refractivity (Wildman–Crippen MR) is 58.0 cm³/mol. The van der Waals surface area contributed by atoms with E-state index in [4.69, 9.17) is 5.73 Å². The molecule has 2 aliphatic rings. The normalized spacial score (nSPS) is 10.8. The number of nitrogens with two attached hydrogens (primary N) is 1. The molecule has 1 aromatic carbocycles. The molecule has 0 amide bonds. The first kappa shape index (κ1) is 8.78. The van der Waals surface area contributed by atoms with Crippen molar-refractivity contribution in [3.63, 3.8) is 0 Å². The van der Waals surface area contributed by atoms with E-state index in [-0.39, 0.29) is 0 Å². The smallest absolute Gasteiger partial charge is 0.209 e. The van der Waals surface area contributed by atoms with Crippen molar-refractivity contribution in [3.8, 4) is 17.2 Å². The summed E-state index contributed by atoms with van der Waals surface area (Å²) in [7, 11) is 0. The van der Waals surface area contributed by atoms with Crippen LogP contribution in [0.3, 0.4) is 0 Å². The fraction of sp³-hybridized carbons (Fsp3) is 0. The molecule has 0 fully saturated rings. The molecule has 0 radical (unpaired) electrons. The lowest BCUT2D eigenvalue weighted by molar-refractivity contribution is 0.946. The summed E-state index contributed by atoms with van der Waals surface area (Å²) in [6, 6.07) is 9.68. The Labute approximate surface area is 91.1 Å². The van der Waals surface area contributed by atoms with Gasteiger partial charge in [-0.3, -0.25) is 4.57 Å². The molecular weight excluding hydrogens is 204 g/mol. The van der Waals surface area contributed by atoms with Gasteiger partial charge in [0.2, 0.25) is 5.82 Å². The molecule has 1 aromatic rings. The standard InChI is InChI=1S/C10H8N6/c11-9-8-10(14-15-13-8)12-6-16(9)7-4-2-1-3-5-7/h1-6H,11H2. The third kappa shape index (κ3) is 1.20. The summed E-state index contributed by atoms with van der Waals surface area (Å²) in [5.74, 6) is 0.950. The van der Waals surface area contributed by atoms with Crippen LogP contribution in [0.15, 0.2) is 36.7 Å². The first-order chi connectivity index (χ1) is 7.86. The Morgan fingerprint density at radius 2 is 1.88 bits per heavy atom. The van der Waals surface area contributed by atoms with Gasteiger partial charge in [-0.05, 0) is 17.3 Å². The second-order valence-electron chi connectivity index (χ2n) is 3.30. The molecule has 0 bridgehead atoms. The molecule has 3 rings (SSSR count). The third-order valence-corrected chi connectivity index (χ3v) is 2.33. The highest BCUT2D eigenvalue weighted by molar-refractivity contribution is 5.65. The van der Waals surface area contributed by atoms with E-state index in [1.165, 1.54) is 0 Å². The van der Waals surface area contributed by atoms with Crippen molar-refractivity contribution in [1.82, 2.24) is 25.0 Å². The monoisotopic (exact) mass is 212 g/mol. The molecule has 0 atom stereocenters. The van der Waals surface area contributed by atoms with Gasteiger partial charge in [0.05, 0.1) is 0 Å². The number of rotatable bonds is 1. The number of aromatic nitrogens is 5. The van der Waals surface area contributed by atoms with E-state index in [0.29, 0.717) is 17.3 Å². The Morgan fingerprint density at radius 3 is 2.69 bits per heavy atom. The summed E-state index contributed by atoms with van der Waals surface area (Å²) in [5, 5.41) is 11.1. The van der Waals surface area contributed by atoms with Crippen molar-refractivity contribution in [2.24, 2.45) is 0 Å². The summed E-state index contributed by atoms with van der Waals surface area (Å²) < 4.78 is 1.75. The molecule has 0 unspecified atom stereocenters. The zero-order valence-electron chi connectivity index (χ0n) is 8.28. The molecule has 2 heterocycles. The number of benzene rings is 1. The van der Waals surface area contributed by atoms with E-state index in [2.05, 4.69) is 20.4 Å². The Kier molecular flexibility index (Phi) is 1.79. The van der Waals surface area contributed by atoms with Gasteiger partial charge in [0, 0.05) is 5.69 Å². The van der Waals surface area contributed by atoms with Crippen molar-refractivity contribution in [3.05, 3.63) is 36.7 Å². The van der Waals surface area contributed by atoms with Crippen LogP contribution in [0.25, 0.3) is 17.2 Å². The lowest BCUT2D eigenvalue weighted by atomic mass is 10.3. The Bertz CT molecular complexity index is 588. The lowest BCUT2D eigenvalue weighted by Gasteiger charge is -2.10. The number of hydrogen-bond acceptors (Lipinski definition) is 5. The topological polar surface area (TPSA) is 82.5 Å². The molecule has 0 spiro atoms. The Morgan fingerprint density at radius 1 is 1.06 bits per heavy atom. The van der Waals surface area contributed by atoms with Crippen LogP contribution in [-0.2, 0) is 0 Å². The highest BCUT2D eigenvalue weighted by Crippen LogP contribution is 2.22. The minimum Gasteiger partial charge on any atom is -0.383 e. The zero-order chi connectivity index (χ0) is 11.0. The van der Waals surface area contributed by atoms with Crippen molar-refractivity contribution in [2.75, 3.05) is 5.73 Å².